The number of carbonyl (C=O) groups excluding carboxylic acids is 1. The summed E-state index contributed by atoms with van der Waals surface area (Å²) < 4.78 is 10.9. The quantitative estimate of drug-likeness (QED) is 0.636. The molecule has 2 aromatic carbocycles. The molecule has 1 unspecified atom stereocenters. The van der Waals surface area contributed by atoms with Crippen molar-refractivity contribution in [3.63, 3.8) is 0 Å². The Hall–Kier alpha value is -2.63. The molecule has 27 heavy (non-hydrogen) atoms. The number of oxazole rings is 1. The SMILES string of the molecule is COC(=O)C1Cc2ccccc2CN1Cc1ncc(-c2ccc(Cl)cc2)o1. The van der Waals surface area contributed by atoms with E-state index in [0.717, 1.165) is 5.56 Å². The molecule has 0 fully saturated rings. The Labute approximate surface area is 162 Å². The van der Waals surface area contributed by atoms with Gasteiger partial charge in [-0.15, -0.1) is 0 Å². The van der Waals surface area contributed by atoms with Crippen molar-refractivity contribution < 1.29 is 13.9 Å². The molecular weight excluding hydrogens is 364 g/mol. The van der Waals surface area contributed by atoms with E-state index in [4.69, 9.17) is 20.8 Å². The zero-order valence-corrected chi connectivity index (χ0v) is 15.6. The number of ether oxygens (including phenoxy) is 1. The number of esters is 1. The normalized spacial score (nSPS) is 16.7. The maximum absolute atomic E-state index is 12.3. The standard InChI is InChI=1S/C21H19ClN2O3/c1-26-21(25)18-10-15-4-2-3-5-16(15)12-24(18)13-20-23-11-19(27-20)14-6-8-17(22)9-7-14/h2-9,11,18H,10,12-13H2,1H3. The van der Waals surface area contributed by atoms with Crippen LogP contribution in [-0.2, 0) is 29.0 Å². The highest BCUT2D eigenvalue weighted by Crippen LogP contribution is 2.27. The summed E-state index contributed by atoms with van der Waals surface area (Å²) in [5.41, 5.74) is 3.30. The lowest BCUT2D eigenvalue weighted by atomic mass is 9.94. The second-order valence-electron chi connectivity index (χ2n) is 6.54. The van der Waals surface area contributed by atoms with Crippen LogP contribution in [0.25, 0.3) is 11.3 Å². The van der Waals surface area contributed by atoms with E-state index in [-0.39, 0.29) is 12.0 Å². The molecule has 0 radical (unpaired) electrons. The highest BCUT2D eigenvalue weighted by Gasteiger charge is 2.33. The molecule has 1 atom stereocenters. The minimum atomic E-state index is -0.351. The number of nitrogens with zero attached hydrogens (tertiary/aromatic N) is 2. The van der Waals surface area contributed by atoms with Crippen LogP contribution in [0.1, 0.15) is 17.0 Å². The van der Waals surface area contributed by atoms with Crippen molar-refractivity contribution in [1.29, 1.82) is 0 Å². The van der Waals surface area contributed by atoms with Crippen LogP contribution in [0.2, 0.25) is 5.02 Å². The van der Waals surface area contributed by atoms with Crippen molar-refractivity contribution in [3.05, 3.63) is 76.8 Å². The highest BCUT2D eigenvalue weighted by molar-refractivity contribution is 6.30. The van der Waals surface area contributed by atoms with Gasteiger partial charge in [-0.25, -0.2) is 4.98 Å². The van der Waals surface area contributed by atoms with Gasteiger partial charge in [0.05, 0.1) is 19.9 Å². The molecule has 5 nitrogen and oxygen atoms in total. The van der Waals surface area contributed by atoms with Gasteiger partial charge >= 0.3 is 5.97 Å². The van der Waals surface area contributed by atoms with Gasteiger partial charge in [-0.05, 0) is 41.8 Å². The van der Waals surface area contributed by atoms with Gasteiger partial charge in [0.25, 0.3) is 0 Å². The van der Waals surface area contributed by atoms with E-state index in [1.807, 2.05) is 41.3 Å². The van der Waals surface area contributed by atoms with Gasteiger partial charge in [-0.1, -0.05) is 35.9 Å². The molecule has 1 aromatic heterocycles. The molecule has 2 heterocycles. The maximum Gasteiger partial charge on any atom is 0.323 e. The number of aromatic nitrogens is 1. The average molecular weight is 383 g/mol. The lowest BCUT2D eigenvalue weighted by Crippen LogP contribution is -2.45. The van der Waals surface area contributed by atoms with Crippen LogP contribution in [0, 0.1) is 0 Å². The van der Waals surface area contributed by atoms with Crippen LogP contribution in [0.3, 0.4) is 0 Å². The second kappa shape index (κ2) is 7.55. The molecule has 0 aliphatic carbocycles. The van der Waals surface area contributed by atoms with Gasteiger partial charge in [-0.2, -0.15) is 0 Å². The first-order valence-electron chi connectivity index (χ1n) is 8.73. The van der Waals surface area contributed by atoms with Gasteiger partial charge in [0.1, 0.15) is 6.04 Å². The number of fused-ring (bicyclic) bond motifs is 1. The zero-order valence-electron chi connectivity index (χ0n) is 14.9. The van der Waals surface area contributed by atoms with Crippen LogP contribution in [0.15, 0.2) is 59.1 Å². The first kappa shape index (κ1) is 17.8. The Bertz CT molecular complexity index is 952. The van der Waals surface area contributed by atoms with E-state index >= 15 is 0 Å². The van der Waals surface area contributed by atoms with Gasteiger partial charge in [-0.3, -0.25) is 9.69 Å². The lowest BCUT2D eigenvalue weighted by Gasteiger charge is -2.34. The fraction of sp³-hybridized carbons (Fsp3) is 0.238. The van der Waals surface area contributed by atoms with Crippen LogP contribution in [0.4, 0.5) is 0 Å². The largest absolute Gasteiger partial charge is 0.468 e. The molecular formula is C21H19ClN2O3. The van der Waals surface area contributed by atoms with Crippen LogP contribution in [0.5, 0.6) is 0 Å². The van der Waals surface area contributed by atoms with Crippen molar-refractivity contribution in [2.75, 3.05) is 7.11 Å². The summed E-state index contributed by atoms with van der Waals surface area (Å²) in [5, 5.41) is 0.673. The Balaban J connectivity index is 1.57. The summed E-state index contributed by atoms with van der Waals surface area (Å²) in [7, 11) is 1.42. The maximum atomic E-state index is 12.3. The smallest absolute Gasteiger partial charge is 0.323 e. The number of hydrogen-bond acceptors (Lipinski definition) is 5. The number of halogens is 1. The summed E-state index contributed by atoms with van der Waals surface area (Å²) in [5.74, 6) is 0.996. The highest BCUT2D eigenvalue weighted by atomic mass is 35.5. The first-order valence-corrected chi connectivity index (χ1v) is 9.11. The molecule has 4 rings (SSSR count). The molecule has 138 valence electrons. The van der Waals surface area contributed by atoms with E-state index in [9.17, 15) is 4.79 Å². The third kappa shape index (κ3) is 3.75. The van der Waals surface area contributed by atoms with E-state index < -0.39 is 0 Å². The van der Waals surface area contributed by atoms with E-state index in [0.29, 0.717) is 36.2 Å². The number of methoxy groups -OCH3 is 1. The number of carbonyl (C=O) groups is 1. The van der Waals surface area contributed by atoms with Gasteiger partial charge in [0.2, 0.25) is 5.89 Å². The number of hydrogen-bond donors (Lipinski definition) is 0. The monoisotopic (exact) mass is 382 g/mol. The predicted octanol–water partition coefficient (Wildman–Crippen LogP) is 4.09. The minimum absolute atomic E-state index is 0.242. The number of benzene rings is 2. The summed E-state index contributed by atoms with van der Waals surface area (Å²) in [6.45, 7) is 1.08. The van der Waals surface area contributed by atoms with Crippen molar-refractivity contribution in [3.8, 4) is 11.3 Å². The van der Waals surface area contributed by atoms with Crippen LogP contribution >= 0.6 is 11.6 Å². The van der Waals surface area contributed by atoms with Crippen molar-refractivity contribution in [2.45, 2.75) is 25.6 Å². The van der Waals surface area contributed by atoms with E-state index in [2.05, 4.69) is 17.1 Å². The minimum Gasteiger partial charge on any atom is -0.468 e. The Morgan fingerprint density at radius 1 is 1.22 bits per heavy atom. The fourth-order valence-corrected chi connectivity index (χ4v) is 3.54. The van der Waals surface area contributed by atoms with Gasteiger partial charge in [0, 0.05) is 17.1 Å². The van der Waals surface area contributed by atoms with Gasteiger partial charge < -0.3 is 9.15 Å². The predicted molar refractivity (Wildman–Crippen MR) is 102 cm³/mol. The molecule has 3 aromatic rings. The third-order valence-electron chi connectivity index (χ3n) is 4.84. The van der Waals surface area contributed by atoms with Crippen molar-refractivity contribution in [2.24, 2.45) is 0 Å². The van der Waals surface area contributed by atoms with Crippen LogP contribution in [-0.4, -0.2) is 29.0 Å². The van der Waals surface area contributed by atoms with E-state index in [1.54, 1.807) is 6.20 Å². The molecule has 0 bridgehead atoms. The zero-order chi connectivity index (χ0) is 18.8. The topological polar surface area (TPSA) is 55.6 Å². The summed E-state index contributed by atoms with van der Waals surface area (Å²) in [4.78, 5) is 18.7. The molecule has 0 N–H and O–H groups in total. The number of rotatable bonds is 4. The average Bonchev–Trinajstić information content (AvgIpc) is 3.16. The lowest BCUT2D eigenvalue weighted by molar-refractivity contribution is -0.148. The third-order valence-corrected chi connectivity index (χ3v) is 5.09. The first-order chi connectivity index (χ1) is 13.1. The molecule has 1 aliphatic heterocycles. The molecule has 0 spiro atoms. The summed E-state index contributed by atoms with van der Waals surface area (Å²) in [6.07, 6.45) is 2.32. The Kier molecular flexibility index (Phi) is 4.97. The van der Waals surface area contributed by atoms with Crippen LogP contribution < -0.4 is 0 Å². The van der Waals surface area contributed by atoms with E-state index in [1.165, 1.54) is 18.2 Å². The summed E-state index contributed by atoms with van der Waals surface area (Å²) >= 11 is 5.94. The van der Waals surface area contributed by atoms with Gasteiger partial charge in [0.15, 0.2) is 5.76 Å². The summed E-state index contributed by atoms with van der Waals surface area (Å²) in [6, 6.07) is 15.2. The second-order valence-corrected chi connectivity index (χ2v) is 6.98. The molecule has 0 saturated heterocycles. The molecule has 0 amide bonds. The molecule has 1 aliphatic rings. The Morgan fingerprint density at radius 2 is 1.96 bits per heavy atom. The molecule has 0 saturated carbocycles. The van der Waals surface area contributed by atoms with Crippen molar-refractivity contribution in [1.82, 2.24) is 9.88 Å². The van der Waals surface area contributed by atoms with Crippen molar-refractivity contribution >= 4 is 17.6 Å². The Morgan fingerprint density at radius 3 is 2.70 bits per heavy atom. The molecule has 6 heteroatoms. The fourth-order valence-electron chi connectivity index (χ4n) is 3.42.